The number of thiophene rings is 1. The number of nitrogens with zero attached hydrogens (tertiary/aromatic N) is 3. The molecule has 0 saturated carbocycles. The fraction of sp³-hybridized carbons (Fsp3) is 0.304. The molecule has 14 heteroatoms. The monoisotopic (exact) mass is 586 g/mol. The lowest BCUT2D eigenvalue weighted by Gasteiger charge is -2.23. The predicted molar refractivity (Wildman–Crippen MR) is 146 cm³/mol. The second-order valence-electron chi connectivity index (χ2n) is 7.76. The lowest BCUT2D eigenvalue weighted by molar-refractivity contribution is -0.380. The van der Waals surface area contributed by atoms with Crippen LogP contribution < -0.4 is 14.4 Å². The van der Waals surface area contributed by atoms with Crippen LogP contribution in [0, 0.1) is 10.1 Å². The minimum atomic E-state index is -4.45. The quantitative estimate of drug-likeness (QED) is 0.128. The zero-order chi connectivity index (χ0) is 27.0. The van der Waals surface area contributed by atoms with Gasteiger partial charge >= 0.3 is 15.1 Å². The Morgan fingerprint density at radius 3 is 2.46 bits per heavy atom. The number of hydrogen-bond donors (Lipinski definition) is 1. The van der Waals surface area contributed by atoms with E-state index < -0.39 is 26.2 Å². The highest BCUT2D eigenvalue weighted by atomic mass is 35.5. The Morgan fingerprint density at radius 2 is 1.86 bits per heavy atom. The SMILES string of the molecule is CC(=O)Nc1ncccc1CC(c1ccsc1[N+](=O)[O-])S(=O)(=O)Oc1ccc(N(CCCl)CCCl)cc1. The summed E-state index contributed by atoms with van der Waals surface area (Å²) in [5.41, 5.74) is 1.15. The van der Waals surface area contributed by atoms with Gasteiger partial charge in [0.25, 0.3) is 0 Å². The molecular formula is C23H24Cl2N4O6S2. The van der Waals surface area contributed by atoms with E-state index in [1.54, 1.807) is 24.3 Å². The van der Waals surface area contributed by atoms with E-state index >= 15 is 0 Å². The molecule has 37 heavy (non-hydrogen) atoms. The van der Waals surface area contributed by atoms with Crippen molar-refractivity contribution >= 4 is 67.1 Å². The number of halogens is 2. The first-order valence-electron chi connectivity index (χ1n) is 11.0. The molecule has 0 aliphatic heterocycles. The van der Waals surface area contributed by atoms with Gasteiger partial charge in [-0.1, -0.05) is 17.4 Å². The van der Waals surface area contributed by atoms with E-state index in [-0.39, 0.29) is 28.6 Å². The highest BCUT2D eigenvalue weighted by Gasteiger charge is 2.36. The van der Waals surface area contributed by atoms with E-state index in [2.05, 4.69) is 10.3 Å². The van der Waals surface area contributed by atoms with Gasteiger partial charge in [-0.15, -0.1) is 23.2 Å². The Balaban J connectivity index is 1.97. The van der Waals surface area contributed by atoms with Crippen molar-refractivity contribution in [3.63, 3.8) is 0 Å². The number of aromatic nitrogens is 1. The van der Waals surface area contributed by atoms with Crippen LogP contribution in [-0.4, -0.2) is 49.1 Å². The number of amides is 1. The van der Waals surface area contributed by atoms with E-state index in [1.165, 1.54) is 36.7 Å². The normalized spacial score (nSPS) is 12.1. The van der Waals surface area contributed by atoms with Crippen LogP contribution >= 0.6 is 34.5 Å². The van der Waals surface area contributed by atoms with Crippen molar-refractivity contribution in [2.75, 3.05) is 35.1 Å². The number of rotatable bonds is 13. The fourth-order valence-corrected chi connectivity index (χ4v) is 6.27. The third-order valence-electron chi connectivity index (χ3n) is 5.25. The molecule has 10 nitrogen and oxygen atoms in total. The number of carbonyl (C=O) groups excluding carboxylic acids is 1. The number of hydrogen-bond acceptors (Lipinski definition) is 9. The third-order valence-corrected chi connectivity index (χ3v) is 8.01. The van der Waals surface area contributed by atoms with Gasteiger partial charge in [0, 0.05) is 50.1 Å². The van der Waals surface area contributed by atoms with Crippen molar-refractivity contribution in [2.24, 2.45) is 0 Å². The van der Waals surface area contributed by atoms with Crippen LogP contribution in [0.1, 0.15) is 23.3 Å². The van der Waals surface area contributed by atoms with Gasteiger partial charge in [0.2, 0.25) is 5.91 Å². The molecule has 1 atom stereocenters. The van der Waals surface area contributed by atoms with Gasteiger partial charge in [-0.2, -0.15) is 8.42 Å². The van der Waals surface area contributed by atoms with Crippen molar-refractivity contribution in [1.82, 2.24) is 4.98 Å². The molecule has 1 N–H and O–H groups in total. The van der Waals surface area contributed by atoms with Crippen molar-refractivity contribution in [3.8, 4) is 5.75 Å². The zero-order valence-corrected chi connectivity index (χ0v) is 22.8. The average Bonchev–Trinajstić information content (AvgIpc) is 3.33. The molecule has 0 aliphatic carbocycles. The molecular weight excluding hydrogens is 563 g/mol. The maximum Gasteiger partial charge on any atom is 0.328 e. The smallest absolute Gasteiger partial charge is 0.328 e. The summed E-state index contributed by atoms with van der Waals surface area (Å²) < 4.78 is 32.5. The van der Waals surface area contributed by atoms with E-state index in [9.17, 15) is 23.3 Å². The Kier molecular flexibility index (Phi) is 10.1. The van der Waals surface area contributed by atoms with E-state index in [0.29, 0.717) is 30.4 Å². The first-order valence-corrected chi connectivity index (χ1v) is 14.4. The minimum absolute atomic E-state index is 0.0142. The second kappa shape index (κ2) is 13.0. The van der Waals surface area contributed by atoms with Crippen LogP contribution in [0.4, 0.5) is 16.5 Å². The molecule has 2 heterocycles. The van der Waals surface area contributed by atoms with Gasteiger partial charge < -0.3 is 14.4 Å². The van der Waals surface area contributed by atoms with E-state index in [4.69, 9.17) is 27.4 Å². The fourth-order valence-electron chi connectivity index (χ4n) is 3.63. The van der Waals surface area contributed by atoms with E-state index in [0.717, 1.165) is 17.0 Å². The van der Waals surface area contributed by atoms with Crippen LogP contribution in [0.2, 0.25) is 0 Å². The number of carbonyl (C=O) groups is 1. The Morgan fingerprint density at radius 1 is 1.19 bits per heavy atom. The molecule has 0 aliphatic rings. The van der Waals surface area contributed by atoms with Gasteiger partial charge in [0.05, 0.1) is 10.5 Å². The van der Waals surface area contributed by atoms with Crippen LogP contribution in [0.15, 0.2) is 54.0 Å². The Hall–Kier alpha value is -2.93. The molecule has 198 valence electrons. The van der Waals surface area contributed by atoms with Crippen molar-refractivity contribution in [3.05, 3.63) is 75.3 Å². The number of benzene rings is 1. The van der Waals surface area contributed by atoms with Crippen molar-refractivity contribution in [2.45, 2.75) is 18.6 Å². The van der Waals surface area contributed by atoms with Crippen LogP contribution in [0.3, 0.4) is 0 Å². The number of nitrogens with one attached hydrogen (secondary N) is 1. The third kappa shape index (κ3) is 7.54. The van der Waals surface area contributed by atoms with Crippen LogP contribution in [-0.2, 0) is 21.3 Å². The predicted octanol–water partition coefficient (Wildman–Crippen LogP) is 4.99. The van der Waals surface area contributed by atoms with Crippen molar-refractivity contribution in [1.29, 1.82) is 0 Å². The zero-order valence-electron chi connectivity index (χ0n) is 19.7. The van der Waals surface area contributed by atoms with Gasteiger partial charge in [0.1, 0.15) is 16.8 Å². The van der Waals surface area contributed by atoms with Gasteiger partial charge in [-0.05, 0) is 47.3 Å². The summed E-state index contributed by atoms with van der Waals surface area (Å²) in [4.78, 5) is 28.7. The summed E-state index contributed by atoms with van der Waals surface area (Å²) >= 11 is 12.5. The second-order valence-corrected chi connectivity index (χ2v) is 11.1. The molecule has 0 spiro atoms. The highest BCUT2D eigenvalue weighted by Crippen LogP contribution is 2.39. The summed E-state index contributed by atoms with van der Waals surface area (Å²) in [6.45, 7) is 2.40. The molecule has 1 unspecified atom stereocenters. The van der Waals surface area contributed by atoms with Gasteiger partial charge in [-0.3, -0.25) is 14.9 Å². The molecule has 0 saturated heterocycles. The molecule has 0 bridgehead atoms. The topological polar surface area (TPSA) is 132 Å². The molecule has 1 amide bonds. The Bertz CT molecular complexity index is 1330. The first-order chi connectivity index (χ1) is 17.7. The molecule has 3 rings (SSSR count). The summed E-state index contributed by atoms with van der Waals surface area (Å²) in [5.74, 6) is 0.584. The summed E-state index contributed by atoms with van der Waals surface area (Å²) in [7, 11) is -4.45. The van der Waals surface area contributed by atoms with Gasteiger partial charge in [0.15, 0.2) is 0 Å². The maximum atomic E-state index is 13.5. The van der Waals surface area contributed by atoms with Crippen molar-refractivity contribution < 1.29 is 22.3 Å². The maximum absolute atomic E-state index is 13.5. The molecule has 1 aromatic carbocycles. The number of pyridine rings is 1. The highest BCUT2D eigenvalue weighted by molar-refractivity contribution is 7.87. The number of anilines is 2. The first kappa shape index (κ1) is 28.6. The molecule has 2 aromatic heterocycles. The minimum Gasteiger partial charge on any atom is -0.382 e. The van der Waals surface area contributed by atoms with Crippen LogP contribution in [0.5, 0.6) is 5.75 Å². The lowest BCUT2D eigenvalue weighted by atomic mass is 10.1. The van der Waals surface area contributed by atoms with Crippen LogP contribution in [0.25, 0.3) is 0 Å². The molecule has 0 radical (unpaired) electrons. The molecule has 0 fully saturated rings. The Labute approximate surface area is 228 Å². The number of alkyl halides is 2. The summed E-state index contributed by atoms with van der Waals surface area (Å²) in [6, 6.07) is 10.9. The van der Waals surface area contributed by atoms with E-state index in [1.807, 2.05) is 4.90 Å². The largest absolute Gasteiger partial charge is 0.382 e. The standard InChI is InChI=1S/C23H24Cl2N4O6S2/c1-16(30)27-22-17(3-2-11-26-22)15-21(20-8-14-36-23(20)29(31)32)37(33,34)35-19-6-4-18(5-7-19)28(12-9-24)13-10-25/h2-8,11,14,21H,9-10,12-13,15H2,1H3,(H,26,27,30). The molecule has 3 aromatic rings. The summed E-state index contributed by atoms with van der Waals surface area (Å²) in [6.07, 6.45) is 1.22. The lowest BCUT2D eigenvalue weighted by Crippen LogP contribution is -2.27. The summed E-state index contributed by atoms with van der Waals surface area (Å²) in [5, 5.41) is 13.9. The number of nitro groups is 1. The average molecular weight is 588 g/mol. The van der Waals surface area contributed by atoms with Gasteiger partial charge in [-0.25, -0.2) is 4.98 Å².